The number of fused-ring (bicyclic) bond motifs is 1. The van der Waals surface area contributed by atoms with Crippen LogP contribution in [0.25, 0.3) is 0 Å². The van der Waals surface area contributed by atoms with E-state index in [4.69, 9.17) is 0 Å². The molecule has 1 aliphatic heterocycles. The standard InChI is InChI=1S/C18H27N3O4S/c1-17(2,3)26(25)20-15-13-8-12(11-22)10-19-14(13)9-18(15)4-6-21(7-5-18)16(23)24/h8,10,15,20,22H,4-7,9,11H2,1-3H3,(H,23,24)/t15-,26-/m1/s1. The highest BCUT2D eigenvalue weighted by Crippen LogP contribution is 2.52. The maximum Gasteiger partial charge on any atom is 0.407 e. The fourth-order valence-electron chi connectivity index (χ4n) is 3.89. The van der Waals surface area contributed by atoms with Crippen molar-refractivity contribution in [1.29, 1.82) is 0 Å². The zero-order chi connectivity index (χ0) is 19.1. The highest BCUT2D eigenvalue weighted by molar-refractivity contribution is 7.90. The van der Waals surface area contributed by atoms with Crippen LogP contribution in [0, 0.1) is 5.41 Å². The third kappa shape index (κ3) is 3.55. The molecule has 2 aliphatic rings. The van der Waals surface area contributed by atoms with Crippen LogP contribution in [0.3, 0.4) is 0 Å². The van der Waals surface area contributed by atoms with Crippen LogP contribution in [0.4, 0.5) is 4.79 Å². The minimum Gasteiger partial charge on any atom is -0.598 e. The normalized spacial score (nSPS) is 23.1. The second kappa shape index (κ2) is 6.99. The Morgan fingerprint density at radius 1 is 1.46 bits per heavy atom. The lowest BCUT2D eigenvalue weighted by Gasteiger charge is -2.43. The number of amides is 1. The lowest BCUT2D eigenvalue weighted by Crippen LogP contribution is -2.50. The van der Waals surface area contributed by atoms with Gasteiger partial charge in [-0.25, -0.2) is 4.79 Å². The number of likely N-dealkylation sites (tertiary alicyclic amines) is 1. The highest BCUT2D eigenvalue weighted by Gasteiger charge is 2.51. The lowest BCUT2D eigenvalue weighted by atomic mass is 9.73. The van der Waals surface area contributed by atoms with E-state index >= 15 is 0 Å². The zero-order valence-electron chi connectivity index (χ0n) is 15.5. The first kappa shape index (κ1) is 19.4. The average Bonchev–Trinajstić information content (AvgIpc) is 2.87. The van der Waals surface area contributed by atoms with E-state index in [1.54, 1.807) is 6.20 Å². The van der Waals surface area contributed by atoms with Gasteiger partial charge in [-0.1, -0.05) is 0 Å². The summed E-state index contributed by atoms with van der Waals surface area (Å²) in [4.78, 5) is 17.2. The van der Waals surface area contributed by atoms with E-state index < -0.39 is 22.2 Å². The van der Waals surface area contributed by atoms with Crippen LogP contribution in [0.15, 0.2) is 12.3 Å². The number of hydrogen-bond donors (Lipinski definition) is 3. The number of pyridine rings is 1. The summed E-state index contributed by atoms with van der Waals surface area (Å²) in [5, 5.41) is 18.7. The van der Waals surface area contributed by atoms with Gasteiger partial charge < -0.3 is 19.7 Å². The molecule has 3 rings (SSSR count). The Labute approximate surface area is 157 Å². The van der Waals surface area contributed by atoms with Crippen LogP contribution in [-0.4, -0.2) is 48.6 Å². The number of aliphatic hydroxyl groups excluding tert-OH is 1. The molecule has 1 aliphatic carbocycles. The zero-order valence-corrected chi connectivity index (χ0v) is 16.3. The van der Waals surface area contributed by atoms with Gasteiger partial charge in [-0.15, -0.1) is 4.72 Å². The van der Waals surface area contributed by atoms with Crippen LogP contribution in [0.5, 0.6) is 0 Å². The van der Waals surface area contributed by atoms with E-state index in [9.17, 15) is 19.6 Å². The van der Waals surface area contributed by atoms with Crippen molar-refractivity contribution in [3.8, 4) is 0 Å². The molecule has 0 bridgehead atoms. The summed E-state index contributed by atoms with van der Waals surface area (Å²) in [6, 6.07) is 1.78. The van der Waals surface area contributed by atoms with Gasteiger partial charge in [0.05, 0.1) is 12.6 Å². The maximum atomic E-state index is 12.8. The summed E-state index contributed by atoms with van der Waals surface area (Å²) in [5.41, 5.74) is 2.47. The Kier molecular flexibility index (Phi) is 5.22. The highest BCUT2D eigenvalue weighted by atomic mass is 32.2. The first-order valence-corrected chi connectivity index (χ1v) is 10.1. The second-order valence-electron chi connectivity index (χ2n) is 8.28. The molecule has 1 saturated heterocycles. The summed E-state index contributed by atoms with van der Waals surface area (Å²) in [6.07, 6.45) is 2.92. The van der Waals surface area contributed by atoms with Crippen molar-refractivity contribution in [2.24, 2.45) is 5.41 Å². The Bertz CT molecular complexity index is 684. The fourth-order valence-corrected chi connectivity index (χ4v) is 4.83. The molecule has 1 aromatic rings. The number of aliphatic hydroxyl groups is 1. The molecule has 144 valence electrons. The van der Waals surface area contributed by atoms with Crippen LogP contribution in [-0.2, 0) is 24.4 Å². The molecule has 1 spiro atoms. The summed E-state index contributed by atoms with van der Waals surface area (Å²) < 4.78 is 15.7. The maximum absolute atomic E-state index is 12.8. The molecule has 0 radical (unpaired) electrons. The van der Waals surface area contributed by atoms with Gasteiger partial charge in [0.25, 0.3) is 0 Å². The van der Waals surface area contributed by atoms with Crippen molar-refractivity contribution >= 4 is 17.5 Å². The van der Waals surface area contributed by atoms with Gasteiger partial charge in [-0.2, -0.15) is 0 Å². The van der Waals surface area contributed by atoms with Crippen LogP contribution in [0.2, 0.25) is 0 Å². The summed E-state index contributed by atoms with van der Waals surface area (Å²) >= 11 is -1.26. The van der Waals surface area contributed by atoms with Gasteiger partial charge in [0.15, 0.2) is 0 Å². The summed E-state index contributed by atoms with van der Waals surface area (Å²) in [6.45, 7) is 6.62. The largest absolute Gasteiger partial charge is 0.598 e. The van der Waals surface area contributed by atoms with E-state index in [1.165, 1.54) is 4.90 Å². The van der Waals surface area contributed by atoms with Gasteiger partial charge in [0.2, 0.25) is 0 Å². The monoisotopic (exact) mass is 381 g/mol. The van der Waals surface area contributed by atoms with Gasteiger partial charge in [0.1, 0.15) is 4.75 Å². The fraction of sp³-hybridized carbons (Fsp3) is 0.667. The molecule has 0 aromatic carbocycles. The quantitative estimate of drug-likeness (QED) is 0.691. The first-order chi connectivity index (χ1) is 12.2. The first-order valence-electron chi connectivity index (χ1n) is 8.91. The van der Waals surface area contributed by atoms with Crippen LogP contribution >= 0.6 is 0 Å². The number of nitrogens with zero attached hydrogens (tertiary/aromatic N) is 2. The second-order valence-corrected chi connectivity index (χ2v) is 10.3. The molecule has 1 aromatic heterocycles. The predicted molar refractivity (Wildman–Crippen MR) is 98.9 cm³/mol. The Morgan fingerprint density at radius 2 is 2.12 bits per heavy atom. The van der Waals surface area contributed by atoms with Crippen LogP contribution in [0.1, 0.15) is 56.5 Å². The number of hydrogen-bond acceptors (Lipinski definition) is 5. The molecule has 0 saturated carbocycles. The van der Waals surface area contributed by atoms with Gasteiger partial charge in [-0.3, -0.25) is 4.98 Å². The minimum atomic E-state index is -1.26. The Balaban J connectivity index is 1.92. The van der Waals surface area contributed by atoms with Crippen LogP contribution < -0.4 is 4.72 Å². The number of carbonyl (C=O) groups is 1. The molecule has 8 heteroatoms. The van der Waals surface area contributed by atoms with Crippen molar-refractivity contribution in [2.45, 2.75) is 57.4 Å². The number of carboxylic acid groups (broad SMARTS) is 1. The number of piperidine rings is 1. The molecule has 3 N–H and O–H groups in total. The molecule has 7 nitrogen and oxygen atoms in total. The predicted octanol–water partition coefficient (Wildman–Crippen LogP) is 1.98. The topological polar surface area (TPSA) is 109 Å². The van der Waals surface area contributed by atoms with Gasteiger partial charge >= 0.3 is 6.09 Å². The van der Waals surface area contributed by atoms with Gasteiger partial charge in [0, 0.05) is 41.8 Å². The molecular weight excluding hydrogens is 354 g/mol. The third-order valence-electron chi connectivity index (χ3n) is 5.50. The van der Waals surface area contributed by atoms with Crippen molar-refractivity contribution < 1.29 is 19.6 Å². The number of rotatable bonds is 3. The van der Waals surface area contributed by atoms with E-state index in [0.717, 1.165) is 23.2 Å². The van der Waals surface area contributed by atoms with E-state index in [-0.39, 0.29) is 18.1 Å². The van der Waals surface area contributed by atoms with E-state index in [1.807, 2.05) is 26.8 Å². The molecule has 26 heavy (non-hydrogen) atoms. The Hall–Kier alpha value is -1.35. The van der Waals surface area contributed by atoms with E-state index in [2.05, 4.69) is 9.71 Å². The summed E-state index contributed by atoms with van der Waals surface area (Å²) in [5.74, 6) is 0. The van der Waals surface area contributed by atoms with Crippen molar-refractivity contribution in [1.82, 2.24) is 14.6 Å². The summed E-state index contributed by atoms with van der Waals surface area (Å²) in [7, 11) is 0. The Morgan fingerprint density at radius 3 is 2.65 bits per heavy atom. The average molecular weight is 381 g/mol. The molecule has 2 atom stereocenters. The van der Waals surface area contributed by atoms with Gasteiger partial charge in [-0.05, 0) is 57.2 Å². The number of aromatic nitrogens is 1. The lowest BCUT2D eigenvalue weighted by molar-refractivity contribution is 0.0762. The molecule has 1 amide bonds. The van der Waals surface area contributed by atoms with Crippen molar-refractivity contribution in [3.05, 3.63) is 29.1 Å². The van der Waals surface area contributed by atoms with E-state index in [0.29, 0.717) is 25.9 Å². The SMILES string of the molecule is CC(C)(C)[S@@+]([O-])N[C@@H]1c2cc(CO)cnc2CC12CCN(C(=O)O)CC2. The molecule has 2 heterocycles. The number of nitrogens with one attached hydrogen (secondary N) is 1. The van der Waals surface area contributed by atoms with Crippen molar-refractivity contribution in [3.63, 3.8) is 0 Å². The third-order valence-corrected chi connectivity index (χ3v) is 7.06. The molecule has 0 unspecified atom stereocenters. The smallest absolute Gasteiger partial charge is 0.407 e. The molecule has 1 fully saturated rings. The minimum absolute atomic E-state index is 0.0881. The van der Waals surface area contributed by atoms with Crippen molar-refractivity contribution in [2.75, 3.05) is 13.1 Å². The molecular formula is C18H27N3O4S.